The van der Waals surface area contributed by atoms with Crippen LogP contribution in [0, 0.1) is 5.92 Å². The van der Waals surface area contributed by atoms with Gasteiger partial charge >= 0.3 is 0 Å². The van der Waals surface area contributed by atoms with Gasteiger partial charge in [0.25, 0.3) is 5.91 Å². The zero-order chi connectivity index (χ0) is 24.5. The van der Waals surface area contributed by atoms with E-state index >= 15 is 0 Å². The second kappa shape index (κ2) is 9.61. The highest BCUT2D eigenvalue weighted by atomic mass is 32.2. The number of aromatic nitrogens is 3. The van der Waals surface area contributed by atoms with Crippen LogP contribution in [0.4, 0.5) is 5.69 Å². The number of nitrogens with zero attached hydrogens (tertiary/aromatic N) is 4. The molecule has 9 nitrogen and oxygen atoms in total. The number of carbonyl (C=O) groups is 2. The Morgan fingerprint density at radius 2 is 1.91 bits per heavy atom. The minimum Gasteiger partial charge on any atom is -0.454 e. The number of ether oxygens (including phenoxy) is 2. The van der Waals surface area contributed by atoms with Gasteiger partial charge in [-0.05, 0) is 42.2 Å². The molecule has 1 N–H and O–H groups in total. The summed E-state index contributed by atoms with van der Waals surface area (Å²) in [5.41, 5.74) is 2.67. The molecule has 0 saturated heterocycles. The maximum absolute atomic E-state index is 13.0. The van der Waals surface area contributed by atoms with Crippen LogP contribution < -0.4 is 19.7 Å². The third-order valence-corrected chi connectivity index (χ3v) is 7.25. The first kappa shape index (κ1) is 23.2. The van der Waals surface area contributed by atoms with Gasteiger partial charge in [0.2, 0.25) is 12.7 Å². The standard InChI is InChI=1S/C25H27N5O4S/c1-15(2)22(26-24(32)17-8-9-19-20(12-17)34-14-33-19)23-27-28-25(29(23)3)35-13-21(31)30-11-10-16-6-4-5-7-18(16)30/h4-9,12,15,22H,10-11,13-14H2,1-3H3,(H,26,32)/t22-/m1/s1. The van der Waals surface area contributed by atoms with Crippen LogP contribution in [0.25, 0.3) is 0 Å². The number of anilines is 1. The summed E-state index contributed by atoms with van der Waals surface area (Å²) in [6, 6.07) is 12.8. The summed E-state index contributed by atoms with van der Waals surface area (Å²) in [5.74, 6) is 1.95. The van der Waals surface area contributed by atoms with E-state index in [-0.39, 0.29) is 36.3 Å². The van der Waals surface area contributed by atoms with E-state index in [0.29, 0.717) is 34.6 Å². The van der Waals surface area contributed by atoms with Gasteiger partial charge in [-0.1, -0.05) is 43.8 Å². The molecule has 3 heterocycles. The second-order valence-corrected chi connectivity index (χ2v) is 9.82. The Hall–Kier alpha value is -3.53. The van der Waals surface area contributed by atoms with Crippen molar-refractivity contribution in [2.45, 2.75) is 31.5 Å². The smallest absolute Gasteiger partial charge is 0.252 e. The number of benzene rings is 2. The molecule has 0 bridgehead atoms. The van der Waals surface area contributed by atoms with Gasteiger partial charge in [0.15, 0.2) is 22.5 Å². The zero-order valence-corrected chi connectivity index (χ0v) is 20.7. The molecule has 1 aromatic heterocycles. The van der Waals surface area contributed by atoms with Crippen molar-refractivity contribution in [2.75, 3.05) is 24.0 Å². The lowest BCUT2D eigenvalue weighted by molar-refractivity contribution is -0.116. The molecule has 1 atom stereocenters. The molecule has 0 saturated carbocycles. The molecule has 0 aliphatic carbocycles. The van der Waals surface area contributed by atoms with Crippen molar-refractivity contribution in [3.63, 3.8) is 0 Å². The first-order valence-corrected chi connectivity index (χ1v) is 12.5. The Labute approximate surface area is 207 Å². The lowest BCUT2D eigenvalue weighted by atomic mass is 10.0. The SMILES string of the molecule is CC(C)[C@@H](NC(=O)c1ccc2c(c1)OCO2)c1nnc(SCC(=O)N2CCc3ccccc32)n1C. The quantitative estimate of drug-likeness (QED) is 0.504. The molecule has 182 valence electrons. The Morgan fingerprint density at radius 3 is 2.74 bits per heavy atom. The van der Waals surface area contributed by atoms with Crippen LogP contribution in [-0.4, -0.2) is 45.7 Å². The zero-order valence-electron chi connectivity index (χ0n) is 19.9. The van der Waals surface area contributed by atoms with Gasteiger partial charge in [-0.25, -0.2) is 0 Å². The van der Waals surface area contributed by atoms with Crippen molar-refractivity contribution in [1.82, 2.24) is 20.1 Å². The Bertz CT molecular complexity index is 1270. The highest BCUT2D eigenvalue weighted by Gasteiger charge is 2.28. The van der Waals surface area contributed by atoms with Crippen LogP contribution in [0.1, 0.15) is 41.6 Å². The van der Waals surface area contributed by atoms with Crippen molar-refractivity contribution in [2.24, 2.45) is 13.0 Å². The fourth-order valence-corrected chi connectivity index (χ4v) is 5.11. The minimum absolute atomic E-state index is 0.0426. The van der Waals surface area contributed by atoms with Gasteiger partial charge in [-0.15, -0.1) is 10.2 Å². The maximum Gasteiger partial charge on any atom is 0.252 e. The maximum atomic E-state index is 13.0. The van der Waals surface area contributed by atoms with E-state index in [4.69, 9.17) is 9.47 Å². The molecule has 2 amide bonds. The largest absolute Gasteiger partial charge is 0.454 e. The van der Waals surface area contributed by atoms with Crippen molar-refractivity contribution in [1.29, 1.82) is 0 Å². The topological polar surface area (TPSA) is 98.6 Å². The van der Waals surface area contributed by atoms with Gasteiger partial charge in [0.05, 0.1) is 11.8 Å². The average molecular weight is 494 g/mol. The fraction of sp³-hybridized carbons (Fsp3) is 0.360. The van der Waals surface area contributed by atoms with E-state index in [1.54, 1.807) is 18.2 Å². The summed E-state index contributed by atoms with van der Waals surface area (Å²) in [7, 11) is 1.86. The summed E-state index contributed by atoms with van der Waals surface area (Å²) in [6.45, 7) is 4.88. The number of nitrogens with one attached hydrogen (secondary N) is 1. The normalized spacial score (nSPS) is 14.8. The molecule has 3 aromatic rings. The molecule has 0 spiro atoms. The molecule has 35 heavy (non-hydrogen) atoms. The summed E-state index contributed by atoms with van der Waals surface area (Å²) < 4.78 is 12.6. The van der Waals surface area contributed by atoms with E-state index in [2.05, 4.69) is 21.6 Å². The monoisotopic (exact) mass is 493 g/mol. The number of amides is 2. The Morgan fingerprint density at radius 1 is 1.11 bits per heavy atom. The lowest BCUT2D eigenvalue weighted by Gasteiger charge is -2.22. The van der Waals surface area contributed by atoms with E-state index < -0.39 is 0 Å². The average Bonchev–Trinajstić information content (AvgIpc) is 3.58. The molecule has 2 aliphatic heterocycles. The van der Waals surface area contributed by atoms with Crippen molar-refractivity contribution in [3.8, 4) is 11.5 Å². The van der Waals surface area contributed by atoms with Gasteiger partial charge in [-0.2, -0.15) is 0 Å². The number of hydrogen-bond donors (Lipinski definition) is 1. The third kappa shape index (κ3) is 4.58. The van der Waals surface area contributed by atoms with Crippen LogP contribution in [0.2, 0.25) is 0 Å². The predicted octanol–water partition coefficient (Wildman–Crippen LogP) is 3.35. The number of para-hydroxylation sites is 1. The lowest BCUT2D eigenvalue weighted by Crippen LogP contribution is -2.33. The molecule has 10 heteroatoms. The third-order valence-electron chi connectivity index (χ3n) is 6.25. The second-order valence-electron chi connectivity index (χ2n) is 8.88. The van der Waals surface area contributed by atoms with Crippen LogP contribution in [-0.2, 0) is 18.3 Å². The van der Waals surface area contributed by atoms with Crippen LogP contribution in [0.3, 0.4) is 0 Å². The van der Waals surface area contributed by atoms with Gasteiger partial charge < -0.3 is 24.3 Å². The number of fused-ring (bicyclic) bond motifs is 2. The first-order chi connectivity index (χ1) is 16.9. The fourth-order valence-electron chi connectivity index (χ4n) is 4.32. The highest BCUT2D eigenvalue weighted by molar-refractivity contribution is 7.99. The molecule has 2 aromatic carbocycles. The number of hydrogen-bond acceptors (Lipinski definition) is 7. The van der Waals surface area contributed by atoms with Crippen molar-refractivity contribution < 1.29 is 19.1 Å². The van der Waals surface area contributed by atoms with E-state index in [1.165, 1.54) is 17.3 Å². The first-order valence-electron chi connectivity index (χ1n) is 11.5. The number of carbonyl (C=O) groups excluding carboxylic acids is 2. The molecule has 0 radical (unpaired) electrons. The molecule has 2 aliphatic rings. The van der Waals surface area contributed by atoms with Crippen LogP contribution in [0.15, 0.2) is 47.6 Å². The summed E-state index contributed by atoms with van der Waals surface area (Å²) in [6.07, 6.45) is 0.875. The van der Waals surface area contributed by atoms with E-state index in [0.717, 1.165) is 12.1 Å². The van der Waals surface area contributed by atoms with Crippen LogP contribution in [0.5, 0.6) is 11.5 Å². The molecular formula is C25H27N5O4S. The molecule has 0 unspecified atom stereocenters. The van der Waals surface area contributed by atoms with Gasteiger partial charge in [0.1, 0.15) is 0 Å². The Balaban J connectivity index is 1.26. The number of thioether (sulfide) groups is 1. The summed E-state index contributed by atoms with van der Waals surface area (Å²) >= 11 is 1.35. The van der Waals surface area contributed by atoms with Gasteiger partial charge in [-0.3, -0.25) is 9.59 Å². The summed E-state index contributed by atoms with van der Waals surface area (Å²) in [5, 5.41) is 12.4. The van der Waals surface area contributed by atoms with Crippen molar-refractivity contribution >= 4 is 29.3 Å². The van der Waals surface area contributed by atoms with E-state index in [9.17, 15) is 9.59 Å². The van der Waals surface area contributed by atoms with Gasteiger partial charge in [0, 0.05) is 24.8 Å². The van der Waals surface area contributed by atoms with Crippen molar-refractivity contribution in [3.05, 3.63) is 59.4 Å². The summed E-state index contributed by atoms with van der Waals surface area (Å²) in [4.78, 5) is 27.7. The minimum atomic E-state index is -0.360. The number of rotatable bonds is 7. The van der Waals surface area contributed by atoms with Crippen LogP contribution >= 0.6 is 11.8 Å². The highest BCUT2D eigenvalue weighted by Crippen LogP contribution is 2.33. The molecule has 5 rings (SSSR count). The predicted molar refractivity (Wildman–Crippen MR) is 132 cm³/mol. The Kier molecular flexibility index (Phi) is 6.38. The molecular weight excluding hydrogens is 466 g/mol. The molecule has 0 fully saturated rings. The van der Waals surface area contributed by atoms with E-state index in [1.807, 2.05) is 48.6 Å².